The Hall–Kier alpha value is -1.04. The molecule has 1 rings (SSSR count). The van der Waals surface area contributed by atoms with E-state index in [1.807, 2.05) is 0 Å². The second kappa shape index (κ2) is 9.07. The van der Waals surface area contributed by atoms with Crippen molar-refractivity contribution >= 4 is 17.2 Å². The van der Waals surface area contributed by atoms with Crippen molar-refractivity contribution in [3.63, 3.8) is 0 Å². The molecule has 0 amide bonds. The topological polar surface area (TPSA) is 38.5 Å². The summed E-state index contributed by atoms with van der Waals surface area (Å²) < 4.78 is 18.6. The van der Waals surface area contributed by atoms with E-state index in [2.05, 4.69) is 18.7 Å². The van der Waals surface area contributed by atoms with Crippen LogP contribution in [0.1, 0.15) is 37.8 Å². The van der Waals surface area contributed by atoms with Crippen molar-refractivity contribution in [2.75, 3.05) is 20.3 Å². The van der Waals surface area contributed by atoms with Gasteiger partial charge in [-0.25, -0.2) is 4.39 Å². The Morgan fingerprint density at radius 1 is 1.38 bits per heavy atom. The minimum Gasteiger partial charge on any atom is -0.389 e. The van der Waals surface area contributed by atoms with Crippen molar-refractivity contribution in [3.8, 4) is 0 Å². The van der Waals surface area contributed by atoms with E-state index in [9.17, 15) is 4.39 Å². The number of nitrogens with zero attached hydrogens (tertiary/aromatic N) is 1. The largest absolute Gasteiger partial charge is 0.389 e. The molecule has 118 valence electrons. The van der Waals surface area contributed by atoms with E-state index in [1.54, 1.807) is 13.2 Å². The van der Waals surface area contributed by atoms with Gasteiger partial charge in [-0.2, -0.15) is 0 Å². The van der Waals surface area contributed by atoms with Crippen LogP contribution in [0.25, 0.3) is 0 Å². The van der Waals surface area contributed by atoms with Gasteiger partial charge in [-0.1, -0.05) is 32.1 Å². The van der Waals surface area contributed by atoms with Crippen molar-refractivity contribution in [3.05, 3.63) is 35.1 Å². The SMILES string of the molecule is CCC(CC)N(CCOC)Cc1ccc(F)cc1C(N)=S. The molecule has 0 radical (unpaired) electrons. The lowest BCUT2D eigenvalue weighted by Gasteiger charge is -2.31. The maximum absolute atomic E-state index is 13.4. The first-order valence-corrected chi connectivity index (χ1v) is 7.75. The van der Waals surface area contributed by atoms with E-state index >= 15 is 0 Å². The lowest BCUT2D eigenvalue weighted by molar-refractivity contribution is 0.110. The first kappa shape index (κ1) is 18.0. The molecule has 1 aromatic rings. The van der Waals surface area contributed by atoms with Gasteiger partial charge in [-0.3, -0.25) is 4.90 Å². The zero-order valence-electron chi connectivity index (χ0n) is 13.1. The summed E-state index contributed by atoms with van der Waals surface area (Å²) in [6.07, 6.45) is 2.12. The maximum atomic E-state index is 13.4. The number of thiocarbonyl (C=S) groups is 1. The Bertz CT molecular complexity index is 464. The number of halogens is 1. The quantitative estimate of drug-likeness (QED) is 0.711. The molecule has 2 N–H and O–H groups in total. The van der Waals surface area contributed by atoms with Gasteiger partial charge in [0.05, 0.1) is 6.61 Å². The smallest absolute Gasteiger partial charge is 0.123 e. The van der Waals surface area contributed by atoms with Crippen molar-refractivity contribution in [1.82, 2.24) is 4.90 Å². The predicted octanol–water partition coefficient (Wildman–Crippen LogP) is 3.10. The summed E-state index contributed by atoms with van der Waals surface area (Å²) in [5.74, 6) is -0.312. The van der Waals surface area contributed by atoms with E-state index in [1.165, 1.54) is 12.1 Å². The summed E-state index contributed by atoms with van der Waals surface area (Å²) in [4.78, 5) is 2.58. The number of benzene rings is 1. The van der Waals surface area contributed by atoms with Crippen LogP contribution in [0.5, 0.6) is 0 Å². The molecule has 1 aromatic carbocycles. The van der Waals surface area contributed by atoms with Gasteiger partial charge in [0, 0.05) is 31.8 Å². The summed E-state index contributed by atoms with van der Waals surface area (Å²) in [6, 6.07) is 5.10. The molecule has 0 unspecified atom stereocenters. The van der Waals surface area contributed by atoms with E-state index in [-0.39, 0.29) is 10.8 Å². The lowest BCUT2D eigenvalue weighted by Crippen LogP contribution is -2.37. The number of nitrogens with two attached hydrogens (primary N) is 1. The second-order valence-electron chi connectivity index (χ2n) is 5.10. The Labute approximate surface area is 132 Å². The van der Waals surface area contributed by atoms with Gasteiger partial charge in [-0.15, -0.1) is 0 Å². The van der Waals surface area contributed by atoms with Crippen LogP contribution in [-0.2, 0) is 11.3 Å². The van der Waals surface area contributed by atoms with E-state index in [0.29, 0.717) is 24.8 Å². The van der Waals surface area contributed by atoms with Crippen LogP contribution >= 0.6 is 12.2 Å². The molecule has 0 fully saturated rings. The number of ether oxygens (including phenoxy) is 1. The van der Waals surface area contributed by atoms with Crippen LogP contribution in [0.3, 0.4) is 0 Å². The molecule has 0 spiro atoms. The Balaban J connectivity index is 2.99. The van der Waals surface area contributed by atoms with Crippen molar-refractivity contribution in [2.45, 2.75) is 39.3 Å². The Morgan fingerprint density at radius 3 is 2.57 bits per heavy atom. The zero-order chi connectivity index (χ0) is 15.8. The first-order chi connectivity index (χ1) is 10.0. The Kier molecular flexibility index (Phi) is 7.78. The van der Waals surface area contributed by atoms with Gasteiger partial charge < -0.3 is 10.5 Å². The van der Waals surface area contributed by atoms with Crippen molar-refractivity contribution in [1.29, 1.82) is 0 Å². The summed E-state index contributed by atoms with van der Waals surface area (Å²) in [7, 11) is 1.70. The van der Waals surface area contributed by atoms with Crippen LogP contribution in [0.2, 0.25) is 0 Å². The van der Waals surface area contributed by atoms with E-state index in [0.717, 1.165) is 24.9 Å². The average molecular weight is 312 g/mol. The molecule has 0 aliphatic heterocycles. The molecule has 0 saturated carbocycles. The van der Waals surface area contributed by atoms with Crippen molar-refractivity contribution < 1.29 is 9.13 Å². The third kappa shape index (κ3) is 5.34. The van der Waals surface area contributed by atoms with Gasteiger partial charge in [0.15, 0.2) is 0 Å². The van der Waals surface area contributed by atoms with Crippen LogP contribution in [0, 0.1) is 5.82 Å². The minimum atomic E-state index is -0.312. The van der Waals surface area contributed by atoms with Gasteiger partial charge in [0.25, 0.3) is 0 Å². The summed E-state index contributed by atoms with van der Waals surface area (Å²) in [6.45, 7) is 6.54. The standard InChI is InChI=1S/C16H25FN2OS/c1-4-14(5-2)19(8-9-20-3)11-12-6-7-13(17)10-15(12)16(18)21/h6-7,10,14H,4-5,8-9,11H2,1-3H3,(H2,18,21). The zero-order valence-corrected chi connectivity index (χ0v) is 13.9. The molecule has 0 heterocycles. The van der Waals surface area contributed by atoms with Crippen LogP contribution in [0.4, 0.5) is 4.39 Å². The number of hydrogen-bond acceptors (Lipinski definition) is 3. The van der Waals surface area contributed by atoms with Crippen LogP contribution in [0.15, 0.2) is 18.2 Å². The van der Waals surface area contributed by atoms with Gasteiger partial charge in [0.2, 0.25) is 0 Å². The highest BCUT2D eigenvalue weighted by Gasteiger charge is 2.17. The summed E-state index contributed by atoms with van der Waals surface area (Å²) >= 11 is 5.04. The summed E-state index contributed by atoms with van der Waals surface area (Å²) in [5.41, 5.74) is 7.31. The highest BCUT2D eigenvalue weighted by molar-refractivity contribution is 7.80. The third-order valence-electron chi connectivity index (χ3n) is 3.75. The fourth-order valence-corrected chi connectivity index (χ4v) is 2.73. The first-order valence-electron chi connectivity index (χ1n) is 7.34. The molecule has 0 aromatic heterocycles. The Morgan fingerprint density at radius 2 is 2.05 bits per heavy atom. The van der Waals surface area contributed by atoms with Gasteiger partial charge >= 0.3 is 0 Å². The monoisotopic (exact) mass is 312 g/mol. The fourth-order valence-electron chi connectivity index (χ4n) is 2.54. The van der Waals surface area contributed by atoms with Crippen LogP contribution < -0.4 is 5.73 Å². The maximum Gasteiger partial charge on any atom is 0.123 e. The molecule has 21 heavy (non-hydrogen) atoms. The summed E-state index contributed by atoms with van der Waals surface area (Å²) in [5, 5.41) is 0. The highest BCUT2D eigenvalue weighted by Crippen LogP contribution is 2.18. The predicted molar refractivity (Wildman–Crippen MR) is 88.9 cm³/mol. The molecule has 5 heteroatoms. The van der Waals surface area contributed by atoms with Gasteiger partial charge in [0.1, 0.15) is 10.8 Å². The molecule has 0 bridgehead atoms. The molecule has 0 aliphatic carbocycles. The number of hydrogen-bond donors (Lipinski definition) is 1. The third-order valence-corrected chi connectivity index (χ3v) is 3.97. The van der Waals surface area contributed by atoms with Gasteiger partial charge in [-0.05, 0) is 30.5 Å². The van der Waals surface area contributed by atoms with E-state index in [4.69, 9.17) is 22.7 Å². The molecule has 0 saturated heterocycles. The number of rotatable bonds is 9. The minimum absolute atomic E-state index is 0.237. The fraction of sp³-hybridized carbons (Fsp3) is 0.562. The number of methoxy groups -OCH3 is 1. The van der Waals surface area contributed by atoms with Crippen molar-refractivity contribution in [2.24, 2.45) is 5.73 Å². The lowest BCUT2D eigenvalue weighted by atomic mass is 10.0. The molecular weight excluding hydrogens is 287 g/mol. The van der Waals surface area contributed by atoms with Crippen LogP contribution in [-0.4, -0.2) is 36.2 Å². The molecule has 3 nitrogen and oxygen atoms in total. The highest BCUT2D eigenvalue weighted by atomic mass is 32.1. The average Bonchev–Trinajstić information content (AvgIpc) is 2.47. The molecule has 0 aliphatic rings. The molecular formula is C16H25FN2OS. The second-order valence-corrected chi connectivity index (χ2v) is 5.54. The normalized spacial score (nSPS) is 11.3. The van der Waals surface area contributed by atoms with E-state index < -0.39 is 0 Å². The molecule has 0 atom stereocenters.